The summed E-state index contributed by atoms with van der Waals surface area (Å²) in [5, 5.41) is 0. The van der Waals surface area contributed by atoms with Gasteiger partial charge in [0.05, 0.1) is 6.04 Å². The molecule has 1 rings (SSSR count). The van der Waals surface area contributed by atoms with Gasteiger partial charge < -0.3 is 17.2 Å². The highest BCUT2D eigenvalue weighted by molar-refractivity contribution is 5.92. The molecule has 5 nitrogen and oxygen atoms in total. The predicted octanol–water partition coefficient (Wildman–Crippen LogP) is 0.644. The van der Waals surface area contributed by atoms with Gasteiger partial charge in [0.15, 0.2) is 5.96 Å². The second-order valence-electron chi connectivity index (χ2n) is 3.56. The molecule has 1 aromatic carbocycles. The number of rotatable bonds is 2. The number of aryl methyl sites for hydroxylation is 1. The van der Waals surface area contributed by atoms with E-state index in [2.05, 4.69) is 9.98 Å². The molecular weight excluding hydrogens is 202 g/mol. The van der Waals surface area contributed by atoms with E-state index >= 15 is 0 Å². The lowest BCUT2D eigenvalue weighted by molar-refractivity contribution is 0.808. The van der Waals surface area contributed by atoms with Crippen LogP contribution in [0.2, 0.25) is 0 Å². The topological polar surface area (TPSA) is 103 Å². The molecule has 0 aliphatic carbocycles. The van der Waals surface area contributed by atoms with Gasteiger partial charge >= 0.3 is 0 Å². The Bertz CT molecular complexity index is 418. The Labute approximate surface area is 95.1 Å². The monoisotopic (exact) mass is 219 g/mol. The van der Waals surface area contributed by atoms with E-state index in [-0.39, 0.29) is 18.0 Å². The quantitative estimate of drug-likeness (QED) is 0.502. The van der Waals surface area contributed by atoms with E-state index in [0.29, 0.717) is 0 Å². The summed E-state index contributed by atoms with van der Waals surface area (Å²) in [6.07, 6.45) is 0. The van der Waals surface area contributed by atoms with E-state index in [1.807, 2.05) is 38.1 Å². The maximum absolute atomic E-state index is 5.57. The molecule has 5 heteroatoms. The highest BCUT2D eigenvalue weighted by Gasteiger charge is 2.06. The molecule has 0 amide bonds. The van der Waals surface area contributed by atoms with Gasteiger partial charge in [0.25, 0.3) is 0 Å². The zero-order valence-corrected chi connectivity index (χ0v) is 9.51. The second kappa shape index (κ2) is 5.16. The summed E-state index contributed by atoms with van der Waals surface area (Å²) in [5.74, 6) is 0.00832. The predicted molar refractivity (Wildman–Crippen MR) is 67.0 cm³/mol. The maximum Gasteiger partial charge on any atom is 0.219 e. The minimum absolute atomic E-state index is 0.0655. The van der Waals surface area contributed by atoms with Crippen molar-refractivity contribution in [1.82, 2.24) is 0 Å². The Kier molecular flexibility index (Phi) is 3.88. The largest absolute Gasteiger partial charge is 0.370 e. The van der Waals surface area contributed by atoms with Crippen molar-refractivity contribution >= 4 is 11.9 Å². The SMILES string of the molecule is Cc1ccccc1C(C)N=C(N)N=C(N)N. The third-order valence-corrected chi connectivity index (χ3v) is 2.21. The van der Waals surface area contributed by atoms with Crippen LogP contribution in [0.4, 0.5) is 0 Å². The molecule has 0 heterocycles. The Morgan fingerprint density at radius 3 is 2.38 bits per heavy atom. The summed E-state index contributed by atoms with van der Waals surface area (Å²) in [6, 6.07) is 7.91. The van der Waals surface area contributed by atoms with Gasteiger partial charge in [-0.15, -0.1) is 0 Å². The van der Waals surface area contributed by atoms with Crippen LogP contribution >= 0.6 is 0 Å². The Balaban J connectivity index is 2.92. The van der Waals surface area contributed by atoms with Crippen molar-refractivity contribution in [3.05, 3.63) is 35.4 Å². The molecule has 0 aromatic heterocycles. The van der Waals surface area contributed by atoms with Crippen molar-refractivity contribution in [2.45, 2.75) is 19.9 Å². The van der Waals surface area contributed by atoms with Crippen molar-refractivity contribution in [1.29, 1.82) is 0 Å². The van der Waals surface area contributed by atoms with E-state index in [1.54, 1.807) is 0 Å². The van der Waals surface area contributed by atoms with Gasteiger partial charge in [-0.2, -0.15) is 4.99 Å². The number of nitrogens with zero attached hydrogens (tertiary/aromatic N) is 2. The average Bonchev–Trinajstić information content (AvgIpc) is 2.16. The van der Waals surface area contributed by atoms with Crippen LogP contribution in [-0.4, -0.2) is 11.9 Å². The van der Waals surface area contributed by atoms with Crippen molar-refractivity contribution < 1.29 is 0 Å². The Hall–Kier alpha value is -2.04. The first-order chi connectivity index (χ1) is 7.50. The van der Waals surface area contributed by atoms with Gasteiger partial charge in [-0.3, -0.25) is 0 Å². The van der Waals surface area contributed by atoms with Gasteiger partial charge in [-0.05, 0) is 25.0 Å². The molecule has 16 heavy (non-hydrogen) atoms. The molecule has 1 atom stereocenters. The molecule has 0 aliphatic heterocycles. The van der Waals surface area contributed by atoms with Crippen molar-refractivity contribution in [2.24, 2.45) is 27.2 Å². The molecule has 0 spiro atoms. The summed E-state index contributed by atoms with van der Waals surface area (Å²) < 4.78 is 0. The summed E-state index contributed by atoms with van der Waals surface area (Å²) in [5.41, 5.74) is 18.2. The van der Waals surface area contributed by atoms with Crippen LogP contribution in [0.5, 0.6) is 0 Å². The fourth-order valence-corrected chi connectivity index (χ4v) is 1.48. The first-order valence-corrected chi connectivity index (χ1v) is 4.99. The molecule has 0 fully saturated rings. The molecule has 1 aromatic rings. The molecule has 0 saturated heterocycles. The lowest BCUT2D eigenvalue weighted by atomic mass is 10.0. The normalized spacial score (nSPS) is 13.2. The van der Waals surface area contributed by atoms with Crippen LogP contribution < -0.4 is 17.2 Å². The second-order valence-corrected chi connectivity index (χ2v) is 3.56. The van der Waals surface area contributed by atoms with Gasteiger partial charge in [-0.1, -0.05) is 24.3 Å². The van der Waals surface area contributed by atoms with Crippen LogP contribution in [-0.2, 0) is 0 Å². The molecule has 86 valence electrons. The van der Waals surface area contributed by atoms with Gasteiger partial charge in [0.1, 0.15) is 0 Å². The van der Waals surface area contributed by atoms with E-state index in [1.165, 1.54) is 0 Å². The lowest BCUT2D eigenvalue weighted by Gasteiger charge is -2.10. The number of hydrogen-bond acceptors (Lipinski definition) is 1. The molecule has 0 bridgehead atoms. The van der Waals surface area contributed by atoms with Crippen LogP contribution in [0.1, 0.15) is 24.1 Å². The van der Waals surface area contributed by atoms with Crippen LogP contribution in [0.15, 0.2) is 34.3 Å². The molecule has 0 radical (unpaired) electrons. The highest BCUT2D eigenvalue weighted by Crippen LogP contribution is 2.20. The van der Waals surface area contributed by atoms with Gasteiger partial charge in [-0.25, -0.2) is 4.99 Å². The lowest BCUT2D eigenvalue weighted by Crippen LogP contribution is -2.26. The minimum Gasteiger partial charge on any atom is -0.370 e. The Morgan fingerprint density at radius 2 is 1.81 bits per heavy atom. The van der Waals surface area contributed by atoms with Gasteiger partial charge in [0, 0.05) is 0 Å². The zero-order chi connectivity index (χ0) is 12.1. The van der Waals surface area contributed by atoms with Crippen LogP contribution in [0, 0.1) is 6.92 Å². The minimum atomic E-state index is -0.0850. The first kappa shape index (κ1) is 12.0. The van der Waals surface area contributed by atoms with Crippen LogP contribution in [0.3, 0.4) is 0 Å². The number of aliphatic imine (C=N–C) groups is 2. The van der Waals surface area contributed by atoms with Gasteiger partial charge in [0.2, 0.25) is 5.96 Å². The molecular formula is C11H17N5. The van der Waals surface area contributed by atoms with Crippen LogP contribution in [0.25, 0.3) is 0 Å². The first-order valence-electron chi connectivity index (χ1n) is 4.99. The standard InChI is InChI=1S/C11H17N5/c1-7-5-3-4-6-9(7)8(2)15-11(14)16-10(12)13/h3-6,8H,1-2H3,(H6,12,13,14,15,16). The Morgan fingerprint density at radius 1 is 1.19 bits per heavy atom. The van der Waals surface area contributed by atoms with E-state index in [0.717, 1.165) is 11.1 Å². The molecule has 6 N–H and O–H groups in total. The van der Waals surface area contributed by atoms with Crippen molar-refractivity contribution in [3.8, 4) is 0 Å². The van der Waals surface area contributed by atoms with E-state index < -0.39 is 0 Å². The average molecular weight is 219 g/mol. The number of hydrogen-bond donors (Lipinski definition) is 3. The van der Waals surface area contributed by atoms with Crippen molar-refractivity contribution in [2.75, 3.05) is 0 Å². The third-order valence-electron chi connectivity index (χ3n) is 2.21. The number of benzene rings is 1. The summed E-state index contributed by atoms with van der Waals surface area (Å²) in [4.78, 5) is 7.87. The third kappa shape index (κ3) is 3.27. The molecule has 0 saturated carbocycles. The maximum atomic E-state index is 5.57. The van der Waals surface area contributed by atoms with E-state index in [9.17, 15) is 0 Å². The summed E-state index contributed by atoms with van der Waals surface area (Å²) >= 11 is 0. The fraction of sp³-hybridized carbons (Fsp3) is 0.273. The summed E-state index contributed by atoms with van der Waals surface area (Å²) in [6.45, 7) is 3.97. The fourth-order valence-electron chi connectivity index (χ4n) is 1.48. The zero-order valence-electron chi connectivity index (χ0n) is 9.51. The molecule has 0 aliphatic rings. The summed E-state index contributed by atoms with van der Waals surface area (Å²) in [7, 11) is 0. The number of guanidine groups is 2. The van der Waals surface area contributed by atoms with Crippen molar-refractivity contribution in [3.63, 3.8) is 0 Å². The molecule has 1 unspecified atom stereocenters. The smallest absolute Gasteiger partial charge is 0.219 e. The van der Waals surface area contributed by atoms with E-state index in [4.69, 9.17) is 17.2 Å². The number of nitrogens with two attached hydrogens (primary N) is 3. The highest BCUT2D eigenvalue weighted by atomic mass is 15.1.